The smallest absolute Gasteiger partial charge is 0.272 e. The van der Waals surface area contributed by atoms with Crippen LogP contribution in [0.4, 0.5) is 0 Å². The Morgan fingerprint density at radius 2 is 1.68 bits per heavy atom. The minimum Gasteiger partial charge on any atom is -0.477 e. The first-order valence-corrected chi connectivity index (χ1v) is 8.13. The number of H-pyrrole nitrogens is 2. The van der Waals surface area contributed by atoms with E-state index in [4.69, 9.17) is 4.74 Å². The molecule has 0 saturated heterocycles. The van der Waals surface area contributed by atoms with Gasteiger partial charge in [-0.2, -0.15) is 0 Å². The van der Waals surface area contributed by atoms with Crippen molar-refractivity contribution in [1.82, 2.24) is 9.97 Å². The summed E-state index contributed by atoms with van der Waals surface area (Å²) < 4.78 is 5.54. The van der Waals surface area contributed by atoms with E-state index < -0.39 is 0 Å². The van der Waals surface area contributed by atoms with Crippen LogP contribution in [0, 0.1) is 5.41 Å². The standard InChI is InChI=1S/C19H21N3O3/c1-19(2,3)16-13(20-11-25-16)10-15-18(24)21-14(17(23)22-15)9-12-7-5-4-6-8-12/h4-11,13,16H,1-3H3,(H,21,24)(H,22,23)/b14-9-,15-10-. The molecular formula is C19H21N3O3. The van der Waals surface area contributed by atoms with E-state index in [2.05, 4.69) is 15.0 Å². The molecule has 1 aromatic carbocycles. The van der Waals surface area contributed by atoms with Gasteiger partial charge in [0.15, 0.2) is 6.40 Å². The monoisotopic (exact) mass is 339 g/mol. The molecule has 3 rings (SSSR count). The average Bonchev–Trinajstić information content (AvgIpc) is 3.02. The largest absolute Gasteiger partial charge is 0.477 e. The number of aromatic amines is 2. The van der Waals surface area contributed by atoms with E-state index in [-0.39, 0.29) is 39.4 Å². The summed E-state index contributed by atoms with van der Waals surface area (Å²) in [5.74, 6) is 0. The van der Waals surface area contributed by atoms with Gasteiger partial charge < -0.3 is 14.7 Å². The van der Waals surface area contributed by atoms with Crippen LogP contribution >= 0.6 is 0 Å². The molecule has 2 aromatic rings. The highest BCUT2D eigenvalue weighted by atomic mass is 16.5. The van der Waals surface area contributed by atoms with Gasteiger partial charge in [0.1, 0.15) is 22.8 Å². The van der Waals surface area contributed by atoms with Crippen LogP contribution in [0.25, 0.3) is 12.2 Å². The molecule has 25 heavy (non-hydrogen) atoms. The molecule has 6 heteroatoms. The molecule has 2 atom stereocenters. The molecule has 0 amide bonds. The number of rotatable bonds is 2. The maximum Gasteiger partial charge on any atom is 0.272 e. The van der Waals surface area contributed by atoms with Gasteiger partial charge in [-0.05, 0) is 17.7 Å². The number of nitrogens with zero attached hydrogens (tertiary/aromatic N) is 1. The Hall–Kier alpha value is -2.89. The quantitative estimate of drug-likeness (QED) is 0.836. The minimum atomic E-state index is -0.364. The van der Waals surface area contributed by atoms with Crippen molar-refractivity contribution in [2.45, 2.75) is 32.9 Å². The van der Waals surface area contributed by atoms with Gasteiger partial charge in [-0.1, -0.05) is 51.1 Å². The van der Waals surface area contributed by atoms with Crippen LogP contribution in [0.1, 0.15) is 26.3 Å². The third-order valence-corrected chi connectivity index (χ3v) is 4.04. The van der Waals surface area contributed by atoms with Crippen molar-refractivity contribution in [2.24, 2.45) is 10.4 Å². The summed E-state index contributed by atoms with van der Waals surface area (Å²) in [6.45, 7) is 6.12. The Labute approximate surface area is 144 Å². The van der Waals surface area contributed by atoms with Crippen molar-refractivity contribution in [2.75, 3.05) is 0 Å². The summed E-state index contributed by atoms with van der Waals surface area (Å²) in [5, 5.41) is 0.406. The third-order valence-electron chi connectivity index (χ3n) is 4.04. The fourth-order valence-electron chi connectivity index (χ4n) is 2.77. The van der Waals surface area contributed by atoms with Crippen LogP contribution in [0.5, 0.6) is 0 Å². The first kappa shape index (κ1) is 17.0. The Morgan fingerprint density at radius 1 is 1.04 bits per heavy atom. The summed E-state index contributed by atoms with van der Waals surface area (Å²) >= 11 is 0. The number of benzene rings is 1. The molecule has 0 radical (unpaired) electrons. The highest BCUT2D eigenvalue weighted by molar-refractivity contribution is 5.54. The lowest BCUT2D eigenvalue weighted by Crippen LogP contribution is -2.48. The van der Waals surface area contributed by atoms with E-state index in [1.165, 1.54) is 6.40 Å². The predicted molar refractivity (Wildman–Crippen MR) is 98.0 cm³/mol. The fraction of sp³-hybridized carbons (Fsp3) is 0.316. The second-order valence-corrected chi connectivity index (χ2v) is 7.13. The SMILES string of the molecule is CC(C)(C)C1OC=NC1/C=c1\[nH]c(=O)/c(=C/c2ccccc2)[nH]c1=O. The van der Waals surface area contributed by atoms with Crippen molar-refractivity contribution >= 4 is 18.6 Å². The molecule has 2 heterocycles. The summed E-state index contributed by atoms with van der Waals surface area (Å²) in [5.41, 5.74) is -0.0328. The molecule has 2 unspecified atom stereocenters. The zero-order valence-electron chi connectivity index (χ0n) is 14.4. The summed E-state index contributed by atoms with van der Waals surface area (Å²) in [6.07, 6.45) is 4.50. The van der Waals surface area contributed by atoms with Crippen LogP contribution in [0.3, 0.4) is 0 Å². The molecule has 0 spiro atoms. The summed E-state index contributed by atoms with van der Waals surface area (Å²) in [7, 11) is 0. The maximum atomic E-state index is 12.4. The van der Waals surface area contributed by atoms with Crippen LogP contribution in [0.2, 0.25) is 0 Å². The molecule has 130 valence electrons. The van der Waals surface area contributed by atoms with Crippen molar-refractivity contribution in [3.8, 4) is 0 Å². The Kier molecular flexibility index (Phi) is 4.44. The molecule has 1 aromatic heterocycles. The molecule has 0 aliphatic carbocycles. The molecule has 0 bridgehead atoms. The van der Waals surface area contributed by atoms with E-state index in [1.807, 2.05) is 51.1 Å². The van der Waals surface area contributed by atoms with Crippen LogP contribution in [0.15, 0.2) is 44.9 Å². The second-order valence-electron chi connectivity index (χ2n) is 7.13. The van der Waals surface area contributed by atoms with Gasteiger partial charge in [0.2, 0.25) is 0 Å². The predicted octanol–water partition coefficient (Wildman–Crippen LogP) is 0.514. The Morgan fingerprint density at radius 3 is 2.36 bits per heavy atom. The fourth-order valence-corrected chi connectivity index (χ4v) is 2.77. The Bertz CT molecular complexity index is 1010. The number of aliphatic imine (C=N–C) groups is 1. The maximum absolute atomic E-state index is 12.4. The topological polar surface area (TPSA) is 87.3 Å². The van der Waals surface area contributed by atoms with Crippen LogP contribution < -0.4 is 21.8 Å². The first-order valence-electron chi connectivity index (χ1n) is 8.13. The highest BCUT2D eigenvalue weighted by Gasteiger charge is 2.35. The molecule has 6 nitrogen and oxygen atoms in total. The Balaban J connectivity index is 2.04. The lowest BCUT2D eigenvalue weighted by atomic mass is 9.85. The zero-order valence-corrected chi connectivity index (χ0v) is 14.4. The second kappa shape index (κ2) is 6.55. The summed E-state index contributed by atoms with van der Waals surface area (Å²) in [4.78, 5) is 34.2. The van der Waals surface area contributed by atoms with Crippen LogP contribution in [-0.4, -0.2) is 28.5 Å². The lowest BCUT2D eigenvalue weighted by Gasteiger charge is -2.28. The van der Waals surface area contributed by atoms with Gasteiger partial charge >= 0.3 is 0 Å². The van der Waals surface area contributed by atoms with Crippen molar-refractivity contribution in [3.63, 3.8) is 0 Å². The molecule has 0 fully saturated rings. The molecule has 1 aliphatic rings. The van der Waals surface area contributed by atoms with Gasteiger partial charge in [0.05, 0.1) is 0 Å². The number of nitrogens with one attached hydrogen (secondary N) is 2. The van der Waals surface area contributed by atoms with Gasteiger partial charge in [0, 0.05) is 5.41 Å². The van der Waals surface area contributed by atoms with Gasteiger partial charge in [-0.15, -0.1) is 0 Å². The van der Waals surface area contributed by atoms with E-state index in [0.29, 0.717) is 0 Å². The zero-order chi connectivity index (χ0) is 18.0. The number of hydrogen-bond acceptors (Lipinski definition) is 4. The highest BCUT2D eigenvalue weighted by Crippen LogP contribution is 2.29. The van der Waals surface area contributed by atoms with Crippen molar-refractivity contribution in [1.29, 1.82) is 0 Å². The van der Waals surface area contributed by atoms with Crippen molar-refractivity contribution in [3.05, 3.63) is 67.3 Å². The molecule has 1 aliphatic heterocycles. The molecular weight excluding hydrogens is 318 g/mol. The lowest BCUT2D eigenvalue weighted by molar-refractivity contribution is 0.0956. The third kappa shape index (κ3) is 3.79. The number of ether oxygens (including phenoxy) is 1. The molecule has 0 saturated carbocycles. The van der Waals surface area contributed by atoms with Gasteiger partial charge in [-0.25, -0.2) is 4.99 Å². The number of aromatic nitrogens is 2. The van der Waals surface area contributed by atoms with Crippen LogP contribution in [-0.2, 0) is 4.74 Å². The van der Waals surface area contributed by atoms with Crippen molar-refractivity contribution < 1.29 is 4.74 Å². The number of hydrogen-bond donors (Lipinski definition) is 2. The average molecular weight is 339 g/mol. The van der Waals surface area contributed by atoms with E-state index in [0.717, 1.165) is 5.56 Å². The normalized spacial score (nSPS) is 21.6. The molecule has 2 N–H and O–H groups in total. The van der Waals surface area contributed by atoms with Gasteiger partial charge in [0.25, 0.3) is 11.1 Å². The van der Waals surface area contributed by atoms with E-state index >= 15 is 0 Å². The minimum absolute atomic E-state index is 0.147. The first-order chi connectivity index (χ1) is 11.8. The van der Waals surface area contributed by atoms with Gasteiger partial charge in [-0.3, -0.25) is 9.59 Å². The van der Waals surface area contributed by atoms with E-state index in [1.54, 1.807) is 12.2 Å². The van der Waals surface area contributed by atoms with E-state index in [9.17, 15) is 9.59 Å². The summed E-state index contributed by atoms with van der Waals surface area (Å²) in [6, 6.07) is 9.02.